The number of benzene rings is 2. The lowest BCUT2D eigenvalue weighted by Crippen LogP contribution is -2.53. The van der Waals surface area contributed by atoms with Crippen molar-refractivity contribution in [3.8, 4) is 0 Å². The molecule has 2 aromatic carbocycles. The molecule has 0 saturated carbocycles. The molecule has 1 amide bonds. The fourth-order valence-corrected chi connectivity index (χ4v) is 3.94. The van der Waals surface area contributed by atoms with Crippen molar-refractivity contribution in [2.45, 2.75) is 25.4 Å². The Labute approximate surface area is 171 Å². The number of carboxylic acid groups (broad SMARTS) is 1. The van der Waals surface area contributed by atoms with Crippen molar-refractivity contribution < 1.29 is 28.6 Å². The Morgan fingerprint density at radius 2 is 1.87 bits per heavy atom. The smallest absolute Gasteiger partial charge is 0.335 e. The first-order valence-corrected chi connectivity index (χ1v) is 9.49. The molecule has 1 aliphatic heterocycles. The largest absolute Gasteiger partial charge is 0.480 e. The lowest BCUT2D eigenvalue weighted by molar-refractivity contribution is -0.153. The molecule has 0 radical (unpaired) electrons. The Hall–Kier alpha value is -3.68. The molecule has 154 valence electrons. The molecule has 0 saturated heterocycles. The van der Waals surface area contributed by atoms with Crippen LogP contribution in [-0.2, 0) is 20.7 Å². The number of ether oxygens (including phenoxy) is 1. The molecule has 8 heteroatoms. The van der Waals surface area contributed by atoms with E-state index in [0.717, 1.165) is 27.9 Å². The summed E-state index contributed by atoms with van der Waals surface area (Å²) in [5.41, 5.74) is 1.91. The number of carboxylic acids is 1. The molecule has 7 nitrogen and oxygen atoms in total. The van der Waals surface area contributed by atoms with Crippen LogP contribution in [0.4, 0.5) is 4.39 Å². The summed E-state index contributed by atoms with van der Waals surface area (Å²) in [5.74, 6) is -3.19. The number of aliphatic carboxylic acids is 1. The molecule has 0 aliphatic carbocycles. The summed E-state index contributed by atoms with van der Waals surface area (Å²) >= 11 is 0. The number of carbonyl (C=O) groups is 3. The monoisotopic (exact) mass is 410 g/mol. The summed E-state index contributed by atoms with van der Waals surface area (Å²) in [6.07, 6.45) is 0.0253. The van der Waals surface area contributed by atoms with E-state index in [1.54, 1.807) is 6.92 Å². The number of amides is 1. The molecule has 0 spiro atoms. The molecule has 0 fully saturated rings. The summed E-state index contributed by atoms with van der Waals surface area (Å²) in [6, 6.07) is 9.49. The van der Waals surface area contributed by atoms with E-state index in [0.29, 0.717) is 11.3 Å². The quantitative estimate of drug-likeness (QED) is 0.644. The zero-order chi connectivity index (χ0) is 21.4. The number of H-pyrrole nitrogens is 1. The van der Waals surface area contributed by atoms with E-state index < -0.39 is 35.7 Å². The number of nitrogens with one attached hydrogen (secondary N) is 1. The Balaban J connectivity index is 1.90. The Morgan fingerprint density at radius 3 is 2.53 bits per heavy atom. The number of halogens is 1. The van der Waals surface area contributed by atoms with Crippen LogP contribution in [0.1, 0.15) is 34.6 Å². The van der Waals surface area contributed by atoms with Crippen molar-refractivity contribution in [1.29, 1.82) is 0 Å². The van der Waals surface area contributed by atoms with Gasteiger partial charge in [-0.3, -0.25) is 4.79 Å². The van der Waals surface area contributed by atoms with E-state index in [1.165, 1.54) is 12.1 Å². The van der Waals surface area contributed by atoms with Crippen LogP contribution in [0, 0.1) is 5.82 Å². The predicted molar refractivity (Wildman–Crippen MR) is 105 cm³/mol. The molecule has 3 aromatic rings. The fraction of sp³-hybridized carbons (Fsp3) is 0.227. The third-order valence-electron chi connectivity index (χ3n) is 5.25. The van der Waals surface area contributed by atoms with Crippen LogP contribution in [-0.4, -0.2) is 45.5 Å². The standard InChI is InChI=1S/C22H19FN2O5/c1-2-30-22(29)19-18-15(14-5-3-4-6-16(14)24-18)11-17(21(27)28)25(19)20(26)12-7-9-13(23)10-8-12/h3-10,17,19,24H,2,11H2,1H3,(H,27,28). The number of rotatable bonds is 4. The number of hydrogen-bond acceptors (Lipinski definition) is 4. The van der Waals surface area contributed by atoms with Gasteiger partial charge in [0, 0.05) is 22.9 Å². The van der Waals surface area contributed by atoms with E-state index in [4.69, 9.17) is 4.74 Å². The number of fused-ring (bicyclic) bond motifs is 3. The lowest BCUT2D eigenvalue weighted by atomic mass is 9.90. The highest BCUT2D eigenvalue weighted by atomic mass is 19.1. The number of aromatic nitrogens is 1. The van der Waals surface area contributed by atoms with E-state index in [-0.39, 0.29) is 18.6 Å². The van der Waals surface area contributed by atoms with Gasteiger partial charge in [0.1, 0.15) is 11.9 Å². The Bertz CT molecular complexity index is 1140. The van der Waals surface area contributed by atoms with Gasteiger partial charge in [-0.05, 0) is 42.8 Å². The maximum atomic E-state index is 13.3. The molecule has 30 heavy (non-hydrogen) atoms. The molecule has 4 rings (SSSR count). The summed E-state index contributed by atoms with van der Waals surface area (Å²) in [7, 11) is 0. The van der Waals surface area contributed by atoms with Crippen molar-refractivity contribution in [2.24, 2.45) is 0 Å². The maximum Gasteiger partial charge on any atom is 0.335 e. The first kappa shape index (κ1) is 19.6. The van der Waals surface area contributed by atoms with Crippen LogP contribution in [0.25, 0.3) is 10.9 Å². The Morgan fingerprint density at radius 1 is 1.17 bits per heavy atom. The predicted octanol–water partition coefficient (Wildman–Crippen LogP) is 3.06. The number of carbonyl (C=O) groups excluding carboxylic acids is 2. The van der Waals surface area contributed by atoms with Crippen molar-refractivity contribution in [3.63, 3.8) is 0 Å². The minimum absolute atomic E-state index is 0.0253. The van der Waals surface area contributed by atoms with Crippen LogP contribution in [0.3, 0.4) is 0 Å². The summed E-state index contributed by atoms with van der Waals surface area (Å²) in [6.45, 7) is 1.70. The normalized spacial score (nSPS) is 18.1. The zero-order valence-electron chi connectivity index (χ0n) is 16.1. The summed E-state index contributed by atoms with van der Waals surface area (Å²) in [4.78, 5) is 42.5. The highest BCUT2D eigenvalue weighted by Crippen LogP contribution is 2.39. The van der Waals surface area contributed by atoms with Crippen LogP contribution < -0.4 is 0 Å². The fourth-order valence-electron chi connectivity index (χ4n) is 3.94. The van der Waals surface area contributed by atoms with E-state index in [9.17, 15) is 23.9 Å². The topological polar surface area (TPSA) is 99.7 Å². The first-order valence-electron chi connectivity index (χ1n) is 9.49. The number of nitrogens with zero attached hydrogens (tertiary/aromatic N) is 1. The minimum atomic E-state index is -1.29. The molecule has 1 aliphatic rings. The Kier molecular flexibility index (Phi) is 4.99. The molecule has 2 heterocycles. The van der Waals surface area contributed by atoms with Gasteiger partial charge in [0.15, 0.2) is 6.04 Å². The average molecular weight is 410 g/mol. The zero-order valence-corrected chi connectivity index (χ0v) is 16.1. The SMILES string of the molecule is CCOC(=O)C1c2[nH]c3ccccc3c2CC(C(=O)O)N1C(=O)c1ccc(F)cc1. The van der Waals surface area contributed by atoms with Crippen LogP contribution in [0.5, 0.6) is 0 Å². The van der Waals surface area contributed by atoms with Gasteiger partial charge >= 0.3 is 11.9 Å². The number of hydrogen-bond donors (Lipinski definition) is 2. The second kappa shape index (κ2) is 7.62. The van der Waals surface area contributed by atoms with Gasteiger partial charge in [-0.2, -0.15) is 0 Å². The van der Waals surface area contributed by atoms with Gasteiger partial charge in [0.25, 0.3) is 5.91 Å². The average Bonchev–Trinajstić information content (AvgIpc) is 3.10. The molecule has 2 unspecified atom stereocenters. The van der Waals surface area contributed by atoms with Crippen molar-refractivity contribution >= 4 is 28.7 Å². The molecule has 2 N–H and O–H groups in total. The molecular weight excluding hydrogens is 391 g/mol. The molecule has 2 atom stereocenters. The highest BCUT2D eigenvalue weighted by Gasteiger charge is 2.47. The van der Waals surface area contributed by atoms with Crippen LogP contribution >= 0.6 is 0 Å². The van der Waals surface area contributed by atoms with E-state index in [1.807, 2.05) is 24.3 Å². The number of aromatic amines is 1. The number of para-hydroxylation sites is 1. The number of esters is 1. The minimum Gasteiger partial charge on any atom is -0.480 e. The van der Waals surface area contributed by atoms with E-state index >= 15 is 0 Å². The van der Waals surface area contributed by atoms with Crippen LogP contribution in [0.15, 0.2) is 48.5 Å². The summed E-state index contributed by atoms with van der Waals surface area (Å²) in [5, 5.41) is 10.7. The van der Waals surface area contributed by atoms with Crippen molar-refractivity contribution in [1.82, 2.24) is 9.88 Å². The second-order valence-electron chi connectivity index (χ2n) is 6.99. The maximum absolute atomic E-state index is 13.3. The summed E-state index contributed by atoms with van der Waals surface area (Å²) < 4.78 is 18.5. The second-order valence-corrected chi connectivity index (χ2v) is 6.99. The van der Waals surface area contributed by atoms with Gasteiger partial charge in [-0.15, -0.1) is 0 Å². The third-order valence-corrected chi connectivity index (χ3v) is 5.25. The van der Waals surface area contributed by atoms with Crippen molar-refractivity contribution in [2.75, 3.05) is 6.61 Å². The van der Waals surface area contributed by atoms with Gasteiger partial charge in [0.2, 0.25) is 0 Å². The van der Waals surface area contributed by atoms with Gasteiger partial charge in [-0.25, -0.2) is 14.0 Å². The lowest BCUT2D eigenvalue weighted by Gasteiger charge is -2.38. The molecular formula is C22H19FN2O5. The van der Waals surface area contributed by atoms with Gasteiger partial charge in [-0.1, -0.05) is 18.2 Å². The van der Waals surface area contributed by atoms with Crippen LogP contribution in [0.2, 0.25) is 0 Å². The van der Waals surface area contributed by atoms with Gasteiger partial charge < -0.3 is 19.7 Å². The van der Waals surface area contributed by atoms with Gasteiger partial charge in [0.05, 0.1) is 12.3 Å². The first-order chi connectivity index (χ1) is 14.4. The highest BCUT2D eigenvalue weighted by molar-refractivity contribution is 6.01. The van der Waals surface area contributed by atoms with Crippen molar-refractivity contribution in [3.05, 3.63) is 71.2 Å². The molecule has 0 bridgehead atoms. The van der Waals surface area contributed by atoms with E-state index in [2.05, 4.69) is 4.98 Å². The third kappa shape index (κ3) is 3.20. The molecule has 1 aromatic heterocycles.